The van der Waals surface area contributed by atoms with Crippen LogP contribution < -0.4 is 10.1 Å². The van der Waals surface area contributed by atoms with E-state index in [1.165, 1.54) is 0 Å². The first-order chi connectivity index (χ1) is 13.2. The summed E-state index contributed by atoms with van der Waals surface area (Å²) in [6, 6.07) is 15.5. The number of aromatic carboxylic acids is 1. The summed E-state index contributed by atoms with van der Waals surface area (Å²) in [5, 5.41) is 13.1. The van der Waals surface area contributed by atoms with Gasteiger partial charge in [-0.3, -0.25) is 0 Å². The van der Waals surface area contributed by atoms with Gasteiger partial charge in [0, 0.05) is 34.9 Å². The van der Waals surface area contributed by atoms with Gasteiger partial charge in [0.05, 0.1) is 12.5 Å². The number of furan rings is 1. The molecular formula is C21H19NO4S. The van der Waals surface area contributed by atoms with Crippen LogP contribution in [0.1, 0.15) is 15.9 Å². The summed E-state index contributed by atoms with van der Waals surface area (Å²) in [6.45, 7) is 1.43. The molecular weight excluding hydrogens is 362 g/mol. The fraction of sp³-hybridized carbons (Fsp3) is 0.190. The second-order valence-electron chi connectivity index (χ2n) is 6.29. The largest absolute Gasteiger partial charge is 0.486 e. The lowest BCUT2D eigenvalue weighted by Crippen LogP contribution is -2.50. The summed E-state index contributed by atoms with van der Waals surface area (Å²) in [4.78, 5) is 13.2. The van der Waals surface area contributed by atoms with Gasteiger partial charge in [-0.25, -0.2) is 4.79 Å². The van der Waals surface area contributed by atoms with Gasteiger partial charge in [0.15, 0.2) is 0 Å². The van der Waals surface area contributed by atoms with Gasteiger partial charge in [-0.1, -0.05) is 30.3 Å². The van der Waals surface area contributed by atoms with E-state index < -0.39 is 5.97 Å². The molecule has 2 aromatic carbocycles. The topological polar surface area (TPSA) is 71.7 Å². The van der Waals surface area contributed by atoms with E-state index in [4.69, 9.17) is 9.15 Å². The number of nitrogens with one attached hydrogen (secondary N) is 1. The molecule has 0 aliphatic carbocycles. The van der Waals surface area contributed by atoms with Crippen LogP contribution in [0.25, 0.3) is 11.1 Å². The minimum atomic E-state index is -0.980. The standard InChI is InChI=1S/C21H19NO4S/c23-21(24)19-15(13-27-17-4-2-1-3-5-17)6-7-18(14-8-9-25-12-14)20(19)26-16-10-22-11-16/h1-9,12,16,22H,10-11,13H2,(H,23,24). The van der Waals surface area contributed by atoms with Crippen molar-refractivity contribution in [3.8, 4) is 16.9 Å². The van der Waals surface area contributed by atoms with E-state index in [-0.39, 0.29) is 11.7 Å². The Labute approximate surface area is 161 Å². The zero-order valence-electron chi connectivity index (χ0n) is 14.6. The summed E-state index contributed by atoms with van der Waals surface area (Å²) >= 11 is 1.61. The van der Waals surface area contributed by atoms with Crippen LogP contribution in [0.2, 0.25) is 0 Å². The molecule has 1 aliphatic rings. The van der Waals surface area contributed by atoms with Crippen LogP contribution in [0.5, 0.6) is 5.75 Å². The Bertz CT molecular complexity index is 921. The molecule has 0 unspecified atom stereocenters. The van der Waals surface area contributed by atoms with Crippen molar-refractivity contribution in [2.45, 2.75) is 16.8 Å². The van der Waals surface area contributed by atoms with Gasteiger partial charge >= 0.3 is 5.97 Å². The van der Waals surface area contributed by atoms with Crippen molar-refractivity contribution in [2.24, 2.45) is 0 Å². The van der Waals surface area contributed by atoms with Crippen molar-refractivity contribution in [3.63, 3.8) is 0 Å². The Morgan fingerprint density at radius 1 is 1.19 bits per heavy atom. The predicted molar refractivity (Wildman–Crippen MR) is 104 cm³/mol. The van der Waals surface area contributed by atoms with E-state index in [1.54, 1.807) is 24.3 Å². The van der Waals surface area contributed by atoms with Crippen molar-refractivity contribution < 1.29 is 19.1 Å². The lowest BCUT2D eigenvalue weighted by atomic mass is 9.99. The van der Waals surface area contributed by atoms with Crippen LogP contribution in [-0.4, -0.2) is 30.3 Å². The number of rotatable bonds is 7. The molecule has 0 amide bonds. The Hall–Kier alpha value is -2.70. The summed E-state index contributed by atoms with van der Waals surface area (Å²) in [5.74, 6) is -0.0100. The van der Waals surface area contributed by atoms with Crippen molar-refractivity contribution >= 4 is 17.7 Å². The molecule has 1 saturated heterocycles. The van der Waals surface area contributed by atoms with Gasteiger partial charge in [-0.15, -0.1) is 11.8 Å². The average Bonchev–Trinajstić information content (AvgIpc) is 3.17. The molecule has 3 aromatic rings. The summed E-state index contributed by atoms with van der Waals surface area (Å²) in [6.07, 6.45) is 3.15. The van der Waals surface area contributed by atoms with Crippen molar-refractivity contribution in [1.82, 2.24) is 5.32 Å². The fourth-order valence-corrected chi connectivity index (χ4v) is 3.85. The lowest BCUT2D eigenvalue weighted by Gasteiger charge is -2.30. The van der Waals surface area contributed by atoms with Crippen molar-refractivity contribution in [3.05, 3.63) is 72.2 Å². The third-order valence-electron chi connectivity index (χ3n) is 4.46. The fourth-order valence-electron chi connectivity index (χ4n) is 2.94. The Kier molecular flexibility index (Phi) is 5.18. The van der Waals surface area contributed by atoms with Crippen LogP contribution in [0, 0.1) is 0 Å². The molecule has 0 spiro atoms. The van der Waals surface area contributed by atoms with Gasteiger partial charge in [-0.2, -0.15) is 0 Å². The third-order valence-corrected chi connectivity index (χ3v) is 5.52. The predicted octanol–water partition coefficient (Wildman–Crippen LogP) is 4.29. The Morgan fingerprint density at radius 2 is 2.00 bits per heavy atom. The molecule has 4 rings (SSSR count). The Balaban J connectivity index is 1.72. The molecule has 0 bridgehead atoms. The number of ether oxygens (including phenoxy) is 1. The lowest BCUT2D eigenvalue weighted by molar-refractivity contribution is 0.0683. The van der Waals surface area contributed by atoms with Crippen LogP contribution in [0.3, 0.4) is 0 Å². The smallest absolute Gasteiger partial charge is 0.339 e. The number of hydrogen-bond donors (Lipinski definition) is 2. The van der Waals surface area contributed by atoms with Crippen LogP contribution >= 0.6 is 11.8 Å². The molecule has 5 nitrogen and oxygen atoms in total. The van der Waals surface area contributed by atoms with Crippen molar-refractivity contribution in [2.75, 3.05) is 13.1 Å². The number of carboxylic acid groups (broad SMARTS) is 1. The molecule has 0 saturated carbocycles. The van der Waals surface area contributed by atoms with Gasteiger partial charge in [0.1, 0.15) is 17.4 Å². The highest BCUT2D eigenvalue weighted by Crippen LogP contribution is 2.38. The van der Waals surface area contributed by atoms with Crippen molar-refractivity contribution in [1.29, 1.82) is 0 Å². The minimum Gasteiger partial charge on any atom is -0.486 e. The van der Waals surface area contributed by atoms with E-state index in [1.807, 2.05) is 48.5 Å². The molecule has 27 heavy (non-hydrogen) atoms. The number of benzene rings is 2. The molecule has 1 fully saturated rings. The number of hydrogen-bond acceptors (Lipinski definition) is 5. The first kappa shape index (κ1) is 17.7. The van der Waals surface area contributed by atoms with E-state index in [0.29, 0.717) is 24.6 Å². The zero-order chi connectivity index (χ0) is 18.6. The van der Waals surface area contributed by atoms with E-state index >= 15 is 0 Å². The SMILES string of the molecule is O=C(O)c1c(CSc2ccccc2)ccc(-c2ccoc2)c1OC1CNC1. The van der Waals surface area contributed by atoms with Crippen LogP contribution in [0.15, 0.2) is 70.4 Å². The maximum atomic E-state index is 12.1. The average molecular weight is 381 g/mol. The van der Waals surface area contributed by atoms with E-state index in [0.717, 1.165) is 21.6 Å². The molecule has 0 atom stereocenters. The molecule has 0 radical (unpaired) electrons. The molecule has 1 aliphatic heterocycles. The van der Waals surface area contributed by atoms with E-state index in [2.05, 4.69) is 5.32 Å². The molecule has 2 heterocycles. The first-order valence-corrected chi connectivity index (χ1v) is 9.68. The summed E-state index contributed by atoms with van der Waals surface area (Å²) in [5.41, 5.74) is 2.51. The highest BCUT2D eigenvalue weighted by molar-refractivity contribution is 7.98. The minimum absolute atomic E-state index is 0.0224. The third kappa shape index (κ3) is 3.86. The number of carbonyl (C=O) groups is 1. The second-order valence-corrected chi connectivity index (χ2v) is 7.34. The van der Waals surface area contributed by atoms with Gasteiger partial charge in [0.25, 0.3) is 0 Å². The summed E-state index contributed by atoms with van der Waals surface area (Å²) in [7, 11) is 0. The molecule has 6 heteroatoms. The quantitative estimate of drug-likeness (QED) is 0.595. The number of carboxylic acids is 1. The maximum Gasteiger partial charge on any atom is 0.339 e. The van der Waals surface area contributed by atoms with Gasteiger partial charge < -0.3 is 19.6 Å². The first-order valence-electron chi connectivity index (χ1n) is 8.69. The zero-order valence-corrected chi connectivity index (χ0v) is 15.4. The van der Waals surface area contributed by atoms with E-state index in [9.17, 15) is 9.90 Å². The number of thioether (sulfide) groups is 1. The Morgan fingerprint density at radius 3 is 2.63 bits per heavy atom. The van der Waals surface area contributed by atoms with Gasteiger partial charge in [-0.05, 0) is 23.8 Å². The molecule has 2 N–H and O–H groups in total. The highest BCUT2D eigenvalue weighted by atomic mass is 32.2. The monoisotopic (exact) mass is 381 g/mol. The maximum absolute atomic E-state index is 12.1. The van der Waals surface area contributed by atoms with Crippen LogP contribution in [-0.2, 0) is 5.75 Å². The molecule has 1 aromatic heterocycles. The van der Waals surface area contributed by atoms with Crippen LogP contribution in [0.4, 0.5) is 0 Å². The second kappa shape index (κ2) is 7.90. The summed E-state index contributed by atoms with van der Waals surface area (Å²) < 4.78 is 11.3. The molecule has 138 valence electrons. The van der Waals surface area contributed by atoms with Gasteiger partial charge in [0.2, 0.25) is 0 Å². The normalized spacial score (nSPS) is 13.9. The highest BCUT2D eigenvalue weighted by Gasteiger charge is 2.27.